The van der Waals surface area contributed by atoms with Crippen LogP contribution in [0.15, 0.2) is 0 Å². The molecule has 3 aliphatic rings. The van der Waals surface area contributed by atoms with Crippen LogP contribution in [0.1, 0.15) is 32.1 Å². The number of hydrogen-bond donors (Lipinski definition) is 1. The van der Waals surface area contributed by atoms with Gasteiger partial charge in [-0.2, -0.15) is 5.26 Å². The summed E-state index contributed by atoms with van der Waals surface area (Å²) in [6.45, 7) is 0.973. The van der Waals surface area contributed by atoms with Crippen LogP contribution in [-0.2, 0) is 4.74 Å². The van der Waals surface area contributed by atoms with Gasteiger partial charge in [-0.05, 0) is 31.1 Å². The maximum Gasteiger partial charge on any atom is 0.109 e. The number of nitrogens with zero attached hydrogens (tertiary/aromatic N) is 1. The van der Waals surface area contributed by atoms with Crippen molar-refractivity contribution < 1.29 is 9.84 Å². The zero-order chi connectivity index (χ0) is 10.5. The van der Waals surface area contributed by atoms with Gasteiger partial charge in [-0.15, -0.1) is 0 Å². The van der Waals surface area contributed by atoms with Crippen LogP contribution in [0.25, 0.3) is 0 Å². The Hall–Kier alpha value is -0.590. The lowest BCUT2D eigenvalue weighted by atomic mass is 9.63. The van der Waals surface area contributed by atoms with Gasteiger partial charge in [-0.3, -0.25) is 0 Å². The van der Waals surface area contributed by atoms with Crippen molar-refractivity contribution in [1.29, 1.82) is 5.26 Å². The van der Waals surface area contributed by atoms with Gasteiger partial charge in [0.2, 0.25) is 0 Å². The summed E-state index contributed by atoms with van der Waals surface area (Å²) in [6.07, 6.45) is 5.07. The van der Waals surface area contributed by atoms with E-state index in [-0.39, 0.29) is 0 Å². The summed E-state index contributed by atoms with van der Waals surface area (Å²) in [5.41, 5.74) is -1.35. The standard InChI is InChI=1S/C12H17NO2/c13-7-11(12(14)3-4-15-8-12)6-9-1-2-10(11)5-9/h9-10,14H,1-6,8H2. The predicted octanol–water partition coefficient (Wildman–Crippen LogP) is 1.47. The van der Waals surface area contributed by atoms with Gasteiger partial charge < -0.3 is 9.84 Å². The Morgan fingerprint density at radius 1 is 1.40 bits per heavy atom. The Balaban J connectivity index is 1.97. The fourth-order valence-corrected chi connectivity index (χ4v) is 4.05. The van der Waals surface area contributed by atoms with Gasteiger partial charge >= 0.3 is 0 Å². The van der Waals surface area contributed by atoms with Crippen molar-refractivity contribution in [3.05, 3.63) is 0 Å². The molecule has 1 heterocycles. The summed E-state index contributed by atoms with van der Waals surface area (Å²) in [7, 11) is 0. The summed E-state index contributed by atoms with van der Waals surface area (Å²) in [6, 6.07) is 2.46. The van der Waals surface area contributed by atoms with Crippen molar-refractivity contribution in [2.45, 2.75) is 37.7 Å². The molecule has 0 aromatic carbocycles. The van der Waals surface area contributed by atoms with Gasteiger partial charge in [0, 0.05) is 13.0 Å². The van der Waals surface area contributed by atoms with Gasteiger partial charge in [0.05, 0.1) is 18.1 Å². The van der Waals surface area contributed by atoms with Crippen molar-refractivity contribution in [1.82, 2.24) is 0 Å². The average molecular weight is 207 g/mol. The van der Waals surface area contributed by atoms with Crippen LogP contribution in [0, 0.1) is 28.6 Å². The second-order valence-corrected chi connectivity index (χ2v) is 5.50. The Kier molecular flexibility index (Phi) is 1.90. The number of hydrogen-bond acceptors (Lipinski definition) is 3. The van der Waals surface area contributed by atoms with Gasteiger partial charge in [0.1, 0.15) is 5.60 Å². The Labute approximate surface area is 90.0 Å². The minimum absolute atomic E-state index is 0.365. The third-order valence-electron chi connectivity index (χ3n) is 4.88. The molecule has 0 amide bonds. The highest BCUT2D eigenvalue weighted by Crippen LogP contribution is 2.61. The summed E-state index contributed by atoms with van der Waals surface area (Å²) < 4.78 is 5.31. The largest absolute Gasteiger partial charge is 0.386 e. The van der Waals surface area contributed by atoms with E-state index in [1.54, 1.807) is 0 Å². The molecule has 2 saturated carbocycles. The van der Waals surface area contributed by atoms with Crippen LogP contribution < -0.4 is 0 Å². The first kappa shape index (κ1) is 9.62. The fourth-order valence-electron chi connectivity index (χ4n) is 4.05. The van der Waals surface area contributed by atoms with E-state index in [0.29, 0.717) is 31.5 Å². The SMILES string of the molecule is N#CC1(C2(O)CCOC2)CC2CCC1C2. The lowest BCUT2D eigenvalue weighted by Crippen LogP contribution is -2.51. The number of aliphatic hydroxyl groups is 1. The monoisotopic (exact) mass is 207 g/mol. The first-order valence-corrected chi connectivity index (χ1v) is 5.92. The van der Waals surface area contributed by atoms with Crippen LogP contribution in [0.3, 0.4) is 0 Å². The summed E-state index contributed by atoms with van der Waals surface area (Å²) >= 11 is 0. The molecule has 1 saturated heterocycles. The maximum absolute atomic E-state index is 10.6. The molecule has 4 unspecified atom stereocenters. The predicted molar refractivity (Wildman–Crippen MR) is 53.9 cm³/mol. The molecule has 4 atom stereocenters. The third kappa shape index (κ3) is 1.07. The van der Waals surface area contributed by atoms with E-state index in [4.69, 9.17) is 4.74 Å². The van der Waals surface area contributed by atoms with Crippen LogP contribution in [0.4, 0.5) is 0 Å². The molecule has 1 N–H and O–H groups in total. The molecule has 0 aromatic rings. The Morgan fingerprint density at radius 2 is 2.27 bits per heavy atom. The molecule has 0 radical (unpaired) electrons. The minimum Gasteiger partial charge on any atom is -0.386 e. The smallest absolute Gasteiger partial charge is 0.109 e. The Bertz CT molecular complexity index is 316. The molecule has 15 heavy (non-hydrogen) atoms. The first-order chi connectivity index (χ1) is 7.20. The topological polar surface area (TPSA) is 53.2 Å². The van der Waals surface area contributed by atoms with Crippen molar-refractivity contribution in [3.8, 4) is 6.07 Å². The molecular weight excluding hydrogens is 190 g/mol. The van der Waals surface area contributed by atoms with E-state index in [2.05, 4.69) is 6.07 Å². The van der Waals surface area contributed by atoms with Gasteiger partial charge in [0.15, 0.2) is 0 Å². The van der Waals surface area contributed by atoms with Crippen LogP contribution >= 0.6 is 0 Å². The number of nitriles is 1. The Morgan fingerprint density at radius 3 is 2.73 bits per heavy atom. The highest BCUT2D eigenvalue weighted by atomic mass is 16.5. The summed E-state index contributed by atoms with van der Waals surface area (Å²) in [5.74, 6) is 1.10. The molecule has 3 fully saturated rings. The average Bonchev–Trinajstić information content (AvgIpc) is 2.91. The maximum atomic E-state index is 10.6. The highest BCUT2D eigenvalue weighted by Gasteiger charge is 2.63. The molecule has 3 rings (SSSR count). The van der Waals surface area contributed by atoms with E-state index in [1.165, 1.54) is 6.42 Å². The normalized spacial score (nSPS) is 53.3. The van der Waals surface area contributed by atoms with Crippen LogP contribution in [0.2, 0.25) is 0 Å². The lowest BCUT2D eigenvalue weighted by Gasteiger charge is -2.42. The number of fused-ring (bicyclic) bond motifs is 2. The molecule has 3 heteroatoms. The van der Waals surface area contributed by atoms with E-state index < -0.39 is 11.0 Å². The zero-order valence-corrected chi connectivity index (χ0v) is 8.91. The molecule has 2 aliphatic carbocycles. The van der Waals surface area contributed by atoms with Crippen molar-refractivity contribution in [2.75, 3.05) is 13.2 Å². The quantitative estimate of drug-likeness (QED) is 0.708. The van der Waals surface area contributed by atoms with E-state index in [0.717, 1.165) is 19.3 Å². The molecule has 1 aliphatic heterocycles. The first-order valence-electron chi connectivity index (χ1n) is 5.92. The fraction of sp³-hybridized carbons (Fsp3) is 0.917. The van der Waals surface area contributed by atoms with Crippen molar-refractivity contribution in [3.63, 3.8) is 0 Å². The van der Waals surface area contributed by atoms with Crippen LogP contribution in [0.5, 0.6) is 0 Å². The molecule has 3 nitrogen and oxygen atoms in total. The van der Waals surface area contributed by atoms with E-state index in [1.807, 2.05) is 0 Å². The van der Waals surface area contributed by atoms with Crippen LogP contribution in [-0.4, -0.2) is 23.9 Å². The minimum atomic E-state index is -0.860. The molecule has 2 bridgehead atoms. The summed E-state index contributed by atoms with van der Waals surface area (Å²) in [5, 5.41) is 20.1. The lowest BCUT2D eigenvalue weighted by molar-refractivity contribution is -0.0832. The summed E-state index contributed by atoms with van der Waals surface area (Å²) in [4.78, 5) is 0. The van der Waals surface area contributed by atoms with Crippen molar-refractivity contribution in [2.24, 2.45) is 17.3 Å². The number of rotatable bonds is 1. The van der Waals surface area contributed by atoms with E-state index in [9.17, 15) is 10.4 Å². The van der Waals surface area contributed by atoms with Gasteiger partial charge in [-0.25, -0.2) is 0 Å². The second kappa shape index (κ2) is 2.96. The second-order valence-electron chi connectivity index (χ2n) is 5.50. The molecule has 82 valence electrons. The number of ether oxygens (including phenoxy) is 1. The molecule has 0 spiro atoms. The molecule has 0 aromatic heterocycles. The van der Waals surface area contributed by atoms with Crippen molar-refractivity contribution >= 4 is 0 Å². The van der Waals surface area contributed by atoms with E-state index >= 15 is 0 Å². The van der Waals surface area contributed by atoms with Gasteiger partial charge in [0.25, 0.3) is 0 Å². The molecular formula is C12H17NO2. The van der Waals surface area contributed by atoms with Gasteiger partial charge in [-0.1, -0.05) is 6.42 Å². The zero-order valence-electron chi connectivity index (χ0n) is 8.91. The highest BCUT2D eigenvalue weighted by molar-refractivity contribution is 5.21. The third-order valence-corrected chi connectivity index (χ3v) is 4.88.